The van der Waals surface area contributed by atoms with Crippen molar-refractivity contribution < 1.29 is 19.7 Å². The Morgan fingerprint density at radius 2 is 1.95 bits per heavy atom. The third-order valence-electron chi connectivity index (χ3n) is 7.97. The lowest BCUT2D eigenvalue weighted by Crippen LogP contribution is -2.46. The second kappa shape index (κ2) is 10.1. The molecule has 1 aromatic carbocycles. The van der Waals surface area contributed by atoms with Gasteiger partial charge in [-0.15, -0.1) is 0 Å². The zero-order chi connectivity index (χ0) is 26.3. The molecule has 11 nitrogen and oxygen atoms in total. The number of rotatable bonds is 7. The summed E-state index contributed by atoms with van der Waals surface area (Å²) >= 11 is 0. The molecule has 0 amide bonds. The molecule has 3 aliphatic rings. The Bertz CT molecular complexity index is 1290. The number of anilines is 2. The number of aliphatic hydroxyl groups is 2. The monoisotopic (exact) mass is 521 g/mol. The molecule has 0 aliphatic carbocycles. The van der Waals surface area contributed by atoms with E-state index in [-0.39, 0.29) is 37.6 Å². The standard InChI is InChI=1S/C27H35N7O4/c1-32-7-4-20(5-8-32)34-14-23(12-30-34)38-26-25(28)29-13-24(31-26)18-9-19(27(36)16-37-17-27)11-22(10-18)33-6-2-3-21(33)15-35/h9-14,20-21,35-36H,2-8,15-17H2,1H3,(H2,28,29). The van der Waals surface area contributed by atoms with Crippen molar-refractivity contribution in [2.24, 2.45) is 0 Å². The summed E-state index contributed by atoms with van der Waals surface area (Å²) in [5, 5.41) is 25.5. The van der Waals surface area contributed by atoms with Crippen LogP contribution in [0, 0.1) is 0 Å². The predicted molar refractivity (Wildman–Crippen MR) is 142 cm³/mol. The molecule has 38 heavy (non-hydrogen) atoms. The van der Waals surface area contributed by atoms with Gasteiger partial charge >= 0.3 is 0 Å². The lowest BCUT2D eigenvalue weighted by molar-refractivity contribution is -0.184. The predicted octanol–water partition coefficient (Wildman–Crippen LogP) is 2.16. The first kappa shape index (κ1) is 25.1. The van der Waals surface area contributed by atoms with E-state index in [0.29, 0.717) is 17.5 Å². The van der Waals surface area contributed by atoms with E-state index in [1.54, 1.807) is 12.4 Å². The van der Waals surface area contributed by atoms with E-state index in [1.165, 1.54) is 0 Å². The van der Waals surface area contributed by atoms with Gasteiger partial charge < -0.3 is 35.2 Å². The maximum absolute atomic E-state index is 11.1. The molecule has 2 aromatic heterocycles. The minimum atomic E-state index is -1.05. The lowest BCUT2D eigenvalue weighted by atomic mass is 9.89. The van der Waals surface area contributed by atoms with Crippen molar-refractivity contribution >= 4 is 11.5 Å². The van der Waals surface area contributed by atoms with E-state index in [1.807, 2.05) is 29.1 Å². The SMILES string of the molecule is CN1CCC(n2cc(Oc3nc(-c4cc(N5CCCC5CO)cc(C5(O)COC5)c4)cnc3N)cn2)CC1. The molecule has 3 aromatic rings. The Labute approximate surface area is 221 Å². The molecule has 6 rings (SSSR count). The van der Waals surface area contributed by atoms with Crippen LogP contribution < -0.4 is 15.4 Å². The topological polar surface area (TPSA) is 135 Å². The van der Waals surface area contributed by atoms with Gasteiger partial charge in [-0.05, 0) is 69.6 Å². The smallest absolute Gasteiger partial charge is 0.263 e. The molecule has 5 heterocycles. The van der Waals surface area contributed by atoms with Crippen LogP contribution in [-0.2, 0) is 10.3 Å². The van der Waals surface area contributed by atoms with E-state index >= 15 is 0 Å². The molecule has 3 saturated heterocycles. The van der Waals surface area contributed by atoms with Crippen LogP contribution in [0.5, 0.6) is 11.6 Å². The van der Waals surface area contributed by atoms with Crippen molar-refractivity contribution in [1.82, 2.24) is 24.6 Å². The summed E-state index contributed by atoms with van der Waals surface area (Å²) < 4.78 is 13.3. The molecule has 0 spiro atoms. The second-order valence-corrected chi connectivity index (χ2v) is 10.7. The molecule has 1 atom stereocenters. The third-order valence-corrected chi connectivity index (χ3v) is 7.97. The first-order valence-electron chi connectivity index (χ1n) is 13.3. The summed E-state index contributed by atoms with van der Waals surface area (Å²) in [6.07, 6.45) is 9.19. The molecule has 202 valence electrons. The maximum atomic E-state index is 11.1. The van der Waals surface area contributed by atoms with Crippen LogP contribution in [-0.4, -0.2) is 87.4 Å². The number of nitrogens with two attached hydrogens (primary N) is 1. The fraction of sp³-hybridized carbons (Fsp3) is 0.519. The third kappa shape index (κ3) is 4.82. The minimum Gasteiger partial charge on any atom is -0.433 e. The van der Waals surface area contributed by atoms with Crippen LogP contribution >= 0.6 is 0 Å². The number of hydrogen-bond acceptors (Lipinski definition) is 10. The van der Waals surface area contributed by atoms with Crippen molar-refractivity contribution in [2.45, 2.75) is 43.4 Å². The number of nitrogen functional groups attached to an aromatic ring is 1. The van der Waals surface area contributed by atoms with E-state index in [9.17, 15) is 10.2 Å². The summed E-state index contributed by atoms with van der Waals surface area (Å²) in [5.74, 6) is 0.945. The number of aromatic nitrogens is 4. The van der Waals surface area contributed by atoms with Gasteiger partial charge in [-0.2, -0.15) is 5.10 Å². The average Bonchev–Trinajstić information content (AvgIpc) is 3.58. The zero-order valence-electron chi connectivity index (χ0n) is 21.7. The van der Waals surface area contributed by atoms with E-state index < -0.39 is 5.60 Å². The van der Waals surface area contributed by atoms with Gasteiger partial charge in [0.25, 0.3) is 5.88 Å². The molecular weight excluding hydrogens is 486 g/mol. The molecule has 11 heteroatoms. The number of hydrogen-bond donors (Lipinski definition) is 3. The summed E-state index contributed by atoms with van der Waals surface area (Å²) in [5.41, 5.74) is 8.13. The molecule has 1 unspecified atom stereocenters. The highest BCUT2D eigenvalue weighted by molar-refractivity contribution is 5.69. The number of aliphatic hydroxyl groups excluding tert-OH is 1. The van der Waals surface area contributed by atoms with Crippen LogP contribution in [0.15, 0.2) is 36.8 Å². The first-order valence-corrected chi connectivity index (χ1v) is 13.3. The van der Waals surface area contributed by atoms with Crippen LogP contribution in [0.1, 0.15) is 37.3 Å². The molecule has 0 bridgehead atoms. The summed E-state index contributed by atoms with van der Waals surface area (Å²) in [7, 11) is 2.14. The Morgan fingerprint density at radius 1 is 1.13 bits per heavy atom. The van der Waals surface area contributed by atoms with Crippen LogP contribution in [0.2, 0.25) is 0 Å². The number of benzene rings is 1. The molecule has 3 fully saturated rings. The Hall–Kier alpha value is -3.25. The molecular formula is C27H35N7O4. The van der Waals surface area contributed by atoms with Crippen molar-refractivity contribution in [3.63, 3.8) is 0 Å². The number of likely N-dealkylation sites (tertiary alicyclic amines) is 1. The van der Waals surface area contributed by atoms with Crippen LogP contribution in [0.3, 0.4) is 0 Å². The largest absolute Gasteiger partial charge is 0.433 e. The van der Waals surface area contributed by atoms with Crippen LogP contribution in [0.25, 0.3) is 11.3 Å². The van der Waals surface area contributed by atoms with E-state index in [4.69, 9.17) is 20.2 Å². The zero-order valence-corrected chi connectivity index (χ0v) is 21.7. The highest BCUT2D eigenvalue weighted by Gasteiger charge is 2.39. The van der Waals surface area contributed by atoms with Gasteiger partial charge in [-0.25, -0.2) is 9.97 Å². The Morgan fingerprint density at radius 3 is 2.68 bits per heavy atom. The highest BCUT2D eigenvalue weighted by Crippen LogP contribution is 2.38. The number of nitrogens with zero attached hydrogens (tertiary/aromatic N) is 6. The van der Waals surface area contributed by atoms with Gasteiger partial charge in [0, 0.05) is 17.8 Å². The van der Waals surface area contributed by atoms with Gasteiger partial charge in [0.2, 0.25) is 0 Å². The summed E-state index contributed by atoms with van der Waals surface area (Å²) in [6, 6.07) is 6.30. The van der Waals surface area contributed by atoms with Gasteiger partial charge in [0.05, 0.1) is 56.2 Å². The highest BCUT2D eigenvalue weighted by atomic mass is 16.5. The molecule has 4 N–H and O–H groups in total. The lowest BCUT2D eigenvalue weighted by Gasteiger charge is -2.38. The van der Waals surface area contributed by atoms with Gasteiger partial charge in [-0.3, -0.25) is 4.68 Å². The fourth-order valence-electron chi connectivity index (χ4n) is 5.56. The first-order chi connectivity index (χ1) is 18.4. The molecule has 0 saturated carbocycles. The van der Waals surface area contributed by atoms with Crippen molar-refractivity contribution in [3.8, 4) is 22.9 Å². The van der Waals surface area contributed by atoms with Gasteiger partial charge in [0.15, 0.2) is 11.6 Å². The quantitative estimate of drug-likeness (QED) is 0.424. The van der Waals surface area contributed by atoms with Crippen molar-refractivity contribution in [1.29, 1.82) is 0 Å². The van der Waals surface area contributed by atoms with Gasteiger partial charge in [0.1, 0.15) is 5.60 Å². The molecule has 0 radical (unpaired) electrons. The normalized spacial score (nSPS) is 22.0. The van der Waals surface area contributed by atoms with E-state index in [2.05, 4.69) is 26.9 Å². The Kier molecular flexibility index (Phi) is 6.68. The van der Waals surface area contributed by atoms with E-state index in [0.717, 1.165) is 62.1 Å². The average molecular weight is 522 g/mol. The van der Waals surface area contributed by atoms with Crippen molar-refractivity contribution in [2.75, 3.05) is 57.1 Å². The summed E-state index contributed by atoms with van der Waals surface area (Å²) in [6.45, 7) is 3.48. The van der Waals surface area contributed by atoms with Crippen LogP contribution in [0.4, 0.5) is 11.5 Å². The summed E-state index contributed by atoms with van der Waals surface area (Å²) in [4.78, 5) is 13.6. The fourth-order valence-corrected chi connectivity index (χ4v) is 5.56. The minimum absolute atomic E-state index is 0.0443. The van der Waals surface area contributed by atoms with Crippen molar-refractivity contribution in [3.05, 3.63) is 42.4 Å². The number of ether oxygens (including phenoxy) is 2. The molecule has 3 aliphatic heterocycles. The van der Waals surface area contributed by atoms with Gasteiger partial charge in [-0.1, -0.05) is 0 Å². The number of piperidine rings is 1. The second-order valence-electron chi connectivity index (χ2n) is 10.7. The maximum Gasteiger partial charge on any atom is 0.263 e. The Balaban J connectivity index is 1.30.